The van der Waals surface area contributed by atoms with Crippen LogP contribution < -0.4 is 10.6 Å². The standard InChI is InChI=1S/C16H11Cl2N5O2/c17-10-6-4-9(5-7-10)16(24)21-15-13(22-25-23-15)14(19)20-12-3-1-2-11(18)8-12/h1-8H,(H2,19,20)(H,21,23,24). The Bertz CT molecular complexity index is 924. The summed E-state index contributed by atoms with van der Waals surface area (Å²) >= 11 is 11.7. The van der Waals surface area contributed by atoms with Crippen LogP contribution in [-0.4, -0.2) is 22.1 Å². The number of aromatic nitrogens is 2. The van der Waals surface area contributed by atoms with Gasteiger partial charge >= 0.3 is 0 Å². The summed E-state index contributed by atoms with van der Waals surface area (Å²) < 4.78 is 4.64. The Kier molecular flexibility index (Phi) is 4.97. The quantitative estimate of drug-likeness (QED) is 0.471. The molecule has 0 saturated carbocycles. The predicted octanol–water partition coefficient (Wildman–Crippen LogP) is 4.07. The summed E-state index contributed by atoms with van der Waals surface area (Å²) in [6.07, 6.45) is 0. The number of rotatable bonds is 4. The maximum atomic E-state index is 12.2. The van der Waals surface area contributed by atoms with Crippen molar-refractivity contribution in [3.8, 4) is 0 Å². The van der Waals surface area contributed by atoms with Crippen molar-refractivity contribution in [1.29, 1.82) is 5.41 Å². The Morgan fingerprint density at radius 1 is 1.00 bits per heavy atom. The number of benzene rings is 2. The summed E-state index contributed by atoms with van der Waals surface area (Å²) in [4.78, 5) is 12.2. The van der Waals surface area contributed by atoms with Crippen LogP contribution in [0.25, 0.3) is 0 Å². The third-order valence-electron chi connectivity index (χ3n) is 3.16. The molecule has 0 fully saturated rings. The van der Waals surface area contributed by atoms with E-state index < -0.39 is 5.91 Å². The van der Waals surface area contributed by atoms with E-state index in [9.17, 15) is 4.79 Å². The second-order valence-electron chi connectivity index (χ2n) is 4.93. The number of amidine groups is 1. The molecule has 0 atom stereocenters. The maximum absolute atomic E-state index is 12.2. The largest absolute Gasteiger partial charge is 0.339 e. The Hall–Kier alpha value is -2.90. The van der Waals surface area contributed by atoms with E-state index in [2.05, 4.69) is 25.6 Å². The number of nitrogens with zero attached hydrogens (tertiary/aromatic N) is 2. The summed E-state index contributed by atoms with van der Waals surface area (Å²) in [5.41, 5.74) is 1.03. The van der Waals surface area contributed by atoms with Crippen LogP contribution in [0.2, 0.25) is 10.0 Å². The van der Waals surface area contributed by atoms with Crippen LogP contribution in [0.4, 0.5) is 11.5 Å². The molecule has 1 amide bonds. The van der Waals surface area contributed by atoms with E-state index in [1.807, 2.05) is 0 Å². The van der Waals surface area contributed by atoms with E-state index in [-0.39, 0.29) is 17.3 Å². The van der Waals surface area contributed by atoms with Gasteiger partial charge in [-0.3, -0.25) is 10.2 Å². The van der Waals surface area contributed by atoms with Gasteiger partial charge in [0.25, 0.3) is 5.91 Å². The van der Waals surface area contributed by atoms with Gasteiger partial charge in [-0.25, -0.2) is 4.63 Å². The van der Waals surface area contributed by atoms with Gasteiger partial charge in [-0.05, 0) is 52.8 Å². The number of hydrogen-bond donors (Lipinski definition) is 3. The van der Waals surface area contributed by atoms with Gasteiger partial charge in [0.1, 0.15) is 0 Å². The van der Waals surface area contributed by atoms with Crippen molar-refractivity contribution >= 4 is 46.4 Å². The summed E-state index contributed by atoms with van der Waals surface area (Å²) in [6, 6.07) is 13.2. The topological polar surface area (TPSA) is 104 Å². The fourth-order valence-corrected chi connectivity index (χ4v) is 2.30. The first kappa shape index (κ1) is 16.9. The molecule has 0 radical (unpaired) electrons. The molecule has 0 bridgehead atoms. The van der Waals surface area contributed by atoms with Crippen molar-refractivity contribution in [3.63, 3.8) is 0 Å². The number of carbonyl (C=O) groups is 1. The molecule has 3 aromatic rings. The molecule has 0 unspecified atom stereocenters. The Morgan fingerprint density at radius 2 is 1.76 bits per heavy atom. The van der Waals surface area contributed by atoms with Crippen molar-refractivity contribution in [1.82, 2.24) is 10.3 Å². The zero-order chi connectivity index (χ0) is 17.8. The normalized spacial score (nSPS) is 10.3. The third-order valence-corrected chi connectivity index (χ3v) is 3.64. The van der Waals surface area contributed by atoms with Crippen molar-refractivity contribution in [2.45, 2.75) is 0 Å². The van der Waals surface area contributed by atoms with Crippen LogP contribution in [-0.2, 0) is 0 Å². The highest BCUT2D eigenvalue weighted by molar-refractivity contribution is 6.31. The lowest BCUT2D eigenvalue weighted by Crippen LogP contribution is -2.18. The Morgan fingerprint density at radius 3 is 2.48 bits per heavy atom. The summed E-state index contributed by atoms with van der Waals surface area (Å²) in [5, 5.41) is 21.8. The molecule has 9 heteroatoms. The fraction of sp³-hybridized carbons (Fsp3) is 0. The van der Waals surface area contributed by atoms with E-state index in [1.54, 1.807) is 48.5 Å². The van der Waals surface area contributed by atoms with E-state index >= 15 is 0 Å². The smallest absolute Gasteiger partial charge is 0.256 e. The predicted molar refractivity (Wildman–Crippen MR) is 95.6 cm³/mol. The van der Waals surface area contributed by atoms with Crippen LogP contribution in [0, 0.1) is 5.41 Å². The van der Waals surface area contributed by atoms with Gasteiger partial charge in [-0.2, -0.15) is 0 Å². The highest BCUT2D eigenvalue weighted by Crippen LogP contribution is 2.18. The summed E-state index contributed by atoms with van der Waals surface area (Å²) in [6.45, 7) is 0. The molecule has 0 spiro atoms. The minimum atomic E-state index is -0.427. The van der Waals surface area contributed by atoms with Crippen molar-refractivity contribution in [2.75, 3.05) is 10.6 Å². The number of hydrogen-bond acceptors (Lipinski definition) is 5. The molecule has 7 nitrogen and oxygen atoms in total. The van der Waals surface area contributed by atoms with Gasteiger partial charge in [0.15, 0.2) is 11.5 Å². The molecule has 0 aliphatic rings. The first-order valence-electron chi connectivity index (χ1n) is 7.04. The lowest BCUT2D eigenvalue weighted by atomic mass is 10.2. The van der Waals surface area contributed by atoms with Crippen LogP contribution >= 0.6 is 23.2 Å². The number of carbonyl (C=O) groups excluding carboxylic acids is 1. The molecule has 0 aliphatic heterocycles. The van der Waals surface area contributed by atoms with Gasteiger partial charge in [-0.1, -0.05) is 29.3 Å². The highest BCUT2D eigenvalue weighted by atomic mass is 35.5. The minimum absolute atomic E-state index is 0.0273. The molecule has 0 aliphatic carbocycles. The molecule has 0 saturated heterocycles. The Balaban J connectivity index is 1.74. The minimum Gasteiger partial charge on any atom is -0.339 e. The van der Waals surface area contributed by atoms with Crippen molar-refractivity contribution in [2.24, 2.45) is 0 Å². The van der Waals surface area contributed by atoms with E-state index in [0.717, 1.165) is 0 Å². The van der Waals surface area contributed by atoms with Crippen LogP contribution in [0.15, 0.2) is 53.2 Å². The Labute approximate surface area is 152 Å². The number of nitrogens with one attached hydrogen (secondary N) is 3. The van der Waals surface area contributed by atoms with Gasteiger partial charge in [0, 0.05) is 21.3 Å². The second-order valence-corrected chi connectivity index (χ2v) is 5.81. The molecule has 3 N–H and O–H groups in total. The average Bonchev–Trinajstić information content (AvgIpc) is 3.03. The van der Waals surface area contributed by atoms with Gasteiger partial charge in [0.2, 0.25) is 5.82 Å². The lowest BCUT2D eigenvalue weighted by molar-refractivity contribution is 0.102. The molecular weight excluding hydrogens is 365 g/mol. The molecule has 126 valence electrons. The molecule has 3 rings (SSSR count). The van der Waals surface area contributed by atoms with E-state index in [1.165, 1.54) is 0 Å². The summed E-state index contributed by atoms with van der Waals surface area (Å²) in [7, 11) is 0. The molecule has 2 aromatic carbocycles. The zero-order valence-electron chi connectivity index (χ0n) is 12.6. The van der Waals surface area contributed by atoms with Gasteiger partial charge < -0.3 is 10.6 Å². The number of halogens is 2. The molecule has 25 heavy (non-hydrogen) atoms. The lowest BCUT2D eigenvalue weighted by Gasteiger charge is -2.07. The van der Waals surface area contributed by atoms with Crippen LogP contribution in [0.1, 0.15) is 16.1 Å². The SMILES string of the molecule is N=C(Nc1cccc(Cl)c1)c1nonc1NC(=O)c1ccc(Cl)cc1. The number of anilines is 2. The maximum Gasteiger partial charge on any atom is 0.256 e. The average molecular weight is 376 g/mol. The number of amides is 1. The van der Waals surface area contributed by atoms with Crippen LogP contribution in [0.5, 0.6) is 0 Å². The molecular formula is C16H11Cl2N5O2. The fourth-order valence-electron chi connectivity index (χ4n) is 1.99. The monoisotopic (exact) mass is 375 g/mol. The first-order valence-corrected chi connectivity index (χ1v) is 7.79. The van der Waals surface area contributed by atoms with E-state index in [0.29, 0.717) is 21.3 Å². The first-order chi connectivity index (χ1) is 12.0. The molecule has 1 aromatic heterocycles. The van der Waals surface area contributed by atoms with Crippen molar-refractivity contribution < 1.29 is 9.42 Å². The second kappa shape index (κ2) is 7.33. The third kappa shape index (κ3) is 4.14. The highest BCUT2D eigenvalue weighted by Gasteiger charge is 2.18. The van der Waals surface area contributed by atoms with Gasteiger partial charge in [-0.15, -0.1) is 0 Å². The zero-order valence-corrected chi connectivity index (χ0v) is 14.1. The summed E-state index contributed by atoms with van der Waals surface area (Å²) in [5.74, 6) is -0.501. The van der Waals surface area contributed by atoms with Gasteiger partial charge in [0.05, 0.1) is 0 Å². The molecule has 1 heterocycles. The van der Waals surface area contributed by atoms with E-state index in [4.69, 9.17) is 28.6 Å². The van der Waals surface area contributed by atoms with Crippen LogP contribution in [0.3, 0.4) is 0 Å². The van der Waals surface area contributed by atoms with Crippen molar-refractivity contribution in [3.05, 3.63) is 69.8 Å².